The summed E-state index contributed by atoms with van der Waals surface area (Å²) in [5.74, 6) is 0.689. The summed E-state index contributed by atoms with van der Waals surface area (Å²) in [6, 6.07) is 20.7. The molecule has 2 aromatic carbocycles. The number of amides is 2. The van der Waals surface area contributed by atoms with Crippen LogP contribution in [0.15, 0.2) is 72.9 Å². The van der Waals surface area contributed by atoms with Crippen LogP contribution in [0.5, 0.6) is 5.75 Å². The van der Waals surface area contributed by atoms with E-state index in [4.69, 9.17) is 4.74 Å². The summed E-state index contributed by atoms with van der Waals surface area (Å²) in [6.07, 6.45) is 2.39. The molecule has 0 aliphatic rings. The number of nitrogens with zero attached hydrogens (tertiary/aromatic N) is 1. The first kappa shape index (κ1) is 18.5. The van der Waals surface area contributed by atoms with Crippen LogP contribution in [0.1, 0.15) is 22.9 Å². The zero-order chi connectivity index (χ0) is 19.1. The summed E-state index contributed by atoms with van der Waals surface area (Å²) in [5, 5.41) is 5.88. The molecule has 5 nitrogen and oxygen atoms in total. The minimum absolute atomic E-state index is 0.237. The average molecular weight is 361 g/mol. The molecule has 5 heteroatoms. The fourth-order valence-corrected chi connectivity index (χ4v) is 2.80. The fraction of sp³-hybridized carbons (Fsp3) is 0.182. The van der Waals surface area contributed by atoms with Gasteiger partial charge in [-0.1, -0.05) is 42.0 Å². The Labute approximate surface area is 159 Å². The van der Waals surface area contributed by atoms with E-state index in [-0.39, 0.29) is 12.1 Å². The maximum atomic E-state index is 12.5. The Morgan fingerprint density at radius 2 is 1.89 bits per heavy atom. The van der Waals surface area contributed by atoms with E-state index in [9.17, 15) is 4.79 Å². The number of carbonyl (C=O) groups is 1. The Balaban J connectivity index is 1.74. The normalized spacial score (nSPS) is 11.5. The van der Waals surface area contributed by atoms with Crippen LogP contribution in [0.2, 0.25) is 0 Å². The number of benzene rings is 2. The molecular weight excluding hydrogens is 338 g/mol. The highest BCUT2D eigenvalue weighted by atomic mass is 16.5. The number of aryl methyl sites for hydroxylation is 1. The molecule has 27 heavy (non-hydrogen) atoms. The van der Waals surface area contributed by atoms with Crippen LogP contribution in [0, 0.1) is 6.92 Å². The number of anilines is 1. The van der Waals surface area contributed by atoms with Gasteiger partial charge in [-0.15, -0.1) is 0 Å². The maximum Gasteiger partial charge on any atom is 0.319 e. The molecule has 1 atom stereocenters. The number of hydrogen-bond donors (Lipinski definition) is 2. The van der Waals surface area contributed by atoms with E-state index in [0.717, 1.165) is 11.3 Å². The number of urea groups is 1. The molecule has 138 valence electrons. The van der Waals surface area contributed by atoms with Gasteiger partial charge in [0.2, 0.25) is 0 Å². The van der Waals surface area contributed by atoms with Crippen LogP contribution in [0.3, 0.4) is 0 Å². The van der Waals surface area contributed by atoms with Crippen LogP contribution in [0.25, 0.3) is 0 Å². The molecule has 1 heterocycles. The number of ether oxygens (including phenoxy) is 1. The number of aromatic nitrogens is 1. The molecule has 0 saturated heterocycles. The Kier molecular flexibility index (Phi) is 6.05. The molecule has 0 saturated carbocycles. The van der Waals surface area contributed by atoms with Gasteiger partial charge in [0.25, 0.3) is 0 Å². The lowest BCUT2D eigenvalue weighted by Crippen LogP contribution is -2.34. The number of rotatable bonds is 6. The second kappa shape index (κ2) is 8.85. The van der Waals surface area contributed by atoms with Gasteiger partial charge in [-0.3, -0.25) is 4.98 Å². The van der Waals surface area contributed by atoms with Crippen molar-refractivity contribution >= 4 is 11.7 Å². The summed E-state index contributed by atoms with van der Waals surface area (Å²) in [5.41, 5.74) is 3.83. The minimum atomic E-state index is -0.286. The lowest BCUT2D eigenvalue weighted by atomic mass is 10.0. The van der Waals surface area contributed by atoms with Gasteiger partial charge >= 0.3 is 6.03 Å². The standard InChI is InChI=1S/C22H23N3O2/c1-16-9-11-17(12-10-16)14-21(20-8-3-4-13-23-20)25-22(26)24-18-6-5-7-19(15-18)27-2/h3-13,15,21H,14H2,1-2H3,(H2,24,25,26). The van der Waals surface area contributed by atoms with E-state index < -0.39 is 0 Å². The van der Waals surface area contributed by atoms with Crippen LogP contribution in [0.4, 0.5) is 10.5 Å². The molecule has 1 aromatic heterocycles. The van der Waals surface area contributed by atoms with E-state index in [0.29, 0.717) is 17.9 Å². The van der Waals surface area contributed by atoms with Gasteiger partial charge in [0.15, 0.2) is 0 Å². The number of methoxy groups -OCH3 is 1. The molecule has 0 radical (unpaired) electrons. The number of carbonyl (C=O) groups excluding carboxylic acids is 1. The van der Waals surface area contributed by atoms with Gasteiger partial charge in [0.1, 0.15) is 5.75 Å². The third kappa shape index (κ3) is 5.31. The molecule has 2 N–H and O–H groups in total. The van der Waals surface area contributed by atoms with Gasteiger partial charge in [-0.2, -0.15) is 0 Å². The highest BCUT2D eigenvalue weighted by Crippen LogP contribution is 2.19. The highest BCUT2D eigenvalue weighted by molar-refractivity contribution is 5.89. The van der Waals surface area contributed by atoms with Gasteiger partial charge in [0, 0.05) is 18.0 Å². The minimum Gasteiger partial charge on any atom is -0.497 e. The van der Waals surface area contributed by atoms with E-state index in [1.165, 1.54) is 5.56 Å². The van der Waals surface area contributed by atoms with E-state index in [1.54, 1.807) is 19.4 Å². The van der Waals surface area contributed by atoms with Crippen LogP contribution in [-0.2, 0) is 6.42 Å². The van der Waals surface area contributed by atoms with Gasteiger partial charge in [-0.25, -0.2) is 4.79 Å². The average Bonchev–Trinajstić information content (AvgIpc) is 2.70. The van der Waals surface area contributed by atoms with Gasteiger partial charge < -0.3 is 15.4 Å². The van der Waals surface area contributed by atoms with Crippen LogP contribution >= 0.6 is 0 Å². The Hall–Kier alpha value is -3.34. The lowest BCUT2D eigenvalue weighted by molar-refractivity contribution is 0.248. The highest BCUT2D eigenvalue weighted by Gasteiger charge is 2.16. The first-order valence-corrected chi connectivity index (χ1v) is 8.82. The van der Waals surface area contributed by atoms with Crippen LogP contribution in [-0.4, -0.2) is 18.1 Å². The SMILES string of the molecule is COc1cccc(NC(=O)NC(Cc2ccc(C)cc2)c2ccccn2)c1. The molecule has 3 rings (SSSR count). The van der Waals surface area contributed by atoms with Crippen molar-refractivity contribution < 1.29 is 9.53 Å². The second-order valence-electron chi connectivity index (χ2n) is 6.33. The number of hydrogen-bond acceptors (Lipinski definition) is 3. The Morgan fingerprint density at radius 3 is 2.59 bits per heavy atom. The molecule has 0 fully saturated rings. The van der Waals surface area contributed by atoms with Crippen molar-refractivity contribution in [3.8, 4) is 5.75 Å². The molecule has 2 amide bonds. The number of nitrogens with one attached hydrogen (secondary N) is 2. The topological polar surface area (TPSA) is 63.2 Å². The predicted molar refractivity (Wildman–Crippen MR) is 107 cm³/mol. The number of pyridine rings is 1. The third-order valence-corrected chi connectivity index (χ3v) is 4.24. The van der Waals surface area contributed by atoms with Crippen molar-refractivity contribution in [2.24, 2.45) is 0 Å². The quantitative estimate of drug-likeness (QED) is 0.679. The van der Waals surface area contributed by atoms with Crippen molar-refractivity contribution in [2.45, 2.75) is 19.4 Å². The third-order valence-electron chi connectivity index (χ3n) is 4.24. The van der Waals surface area contributed by atoms with Gasteiger partial charge in [0.05, 0.1) is 18.8 Å². The smallest absolute Gasteiger partial charge is 0.319 e. The molecular formula is C22H23N3O2. The van der Waals surface area contributed by atoms with Crippen molar-refractivity contribution in [2.75, 3.05) is 12.4 Å². The van der Waals surface area contributed by atoms with E-state index in [2.05, 4.69) is 46.8 Å². The summed E-state index contributed by atoms with van der Waals surface area (Å²) >= 11 is 0. The Morgan fingerprint density at radius 1 is 1.07 bits per heavy atom. The van der Waals surface area contributed by atoms with Gasteiger partial charge in [-0.05, 0) is 43.2 Å². The predicted octanol–water partition coefficient (Wildman–Crippen LogP) is 4.50. The lowest BCUT2D eigenvalue weighted by Gasteiger charge is -2.19. The van der Waals surface area contributed by atoms with Crippen molar-refractivity contribution in [1.29, 1.82) is 0 Å². The summed E-state index contributed by atoms with van der Waals surface area (Å²) in [6.45, 7) is 2.06. The zero-order valence-corrected chi connectivity index (χ0v) is 15.5. The summed E-state index contributed by atoms with van der Waals surface area (Å²) in [7, 11) is 1.60. The van der Waals surface area contributed by atoms with Crippen LogP contribution < -0.4 is 15.4 Å². The monoisotopic (exact) mass is 361 g/mol. The largest absolute Gasteiger partial charge is 0.497 e. The first-order valence-electron chi connectivity index (χ1n) is 8.82. The molecule has 1 unspecified atom stereocenters. The van der Waals surface area contributed by atoms with E-state index >= 15 is 0 Å². The zero-order valence-electron chi connectivity index (χ0n) is 15.5. The molecule has 0 bridgehead atoms. The van der Waals surface area contributed by atoms with Crippen molar-refractivity contribution in [3.05, 3.63) is 89.7 Å². The molecule has 0 spiro atoms. The van der Waals surface area contributed by atoms with E-state index in [1.807, 2.05) is 36.4 Å². The summed E-state index contributed by atoms with van der Waals surface area (Å²) in [4.78, 5) is 17.0. The summed E-state index contributed by atoms with van der Waals surface area (Å²) < 4.78 is 5.19. The maximum absolute atomic E-state index is 12.5. The first-order chi connectivity index (χ1) is 13.1. The molecule has 0 aliphatic carbocycles. The van der Waals surface area contributed by atoms with Crippen molar-refractivity contribution in [1.82, 2.24) is 10.3 Å². The molecule has 0 aliphatic heterocycles. The fourth-order valence-electron chi connectivity index (χ4n) is 2.80. The Bertz CT molecular complexity index is 880. The second-order valence-corrected chi connectivity index (χ2v) is 6.33. The van der Waals surface area contributed by atoms with Crippen molar-refractivity contribution in [3.63, 3.8) is 0 Å². The molecule has 3 aromatic rings.